The van der Waals surface area contributed by atoms with Crippen LogP contribution in [0, 0.1) is 0 Å². The molecule has 0 spiro atoms. The smallest absolute Gasteiger partial charge is 0.325 e. The summed E-state index contributed by atoms with van der Waals surface area (Å²) in [5, 5.41) is 4.34. The number of hydrogen-bond donors (Lipinski definition) is 1. The number of nitrogens with zero attached hydrogens (tertiary/aromatic N) is 4. The molecule has 3 aliphatic carbocycles. The highest BCUT2D eigenvalue weighted by molar-refractivity contribution is 5.95. The van der Waals surface area contributed by atoms with Gasteiger partial charge in [0.25, 0.3) is 0 Å². The third-order valence-corrected chi connectivity index (χ3v) is 5.11. The Bertz CT molecular complexity index is 635. The fourth-order valence-electron chi connectivity index (χ4n) is 4.15. The van der Waals surface area contributed by atoms with Crippen molar-refractivity contribution >= 4 is 11.6 Å². The van der Waals surface area contributed by atoms with Gasteiger partial charge in [0.05, 0.1) is 30.5 Å². The second-order valence-corrected chi connectivity index (χ2v) is 7.13. The first-order valence-corrected chi connectivity index (χ1v) is 7.62. The molecule has 4 fully saturated rings. The van der Waals surface area contributed by atoms with E-state index in [1.54, 1.807) is 6.20 Å². The monoisotopic (exact) mass is 329 g/mol. The van der Waals surface area contributed by atoms with Gasteiger partial charge in [0.15, 0.2) is 0 Å². The van der Waals surface area contributed by atoms with Gasteiger partial charge in [0, 0.05) is 24.8 Å². The first-order chi connectivity index (χ1) is 10.7. The number of piperazine rings is 1. The molecule has 4 aliphatic rings. The molecule has 2 bridgehead atoms. The molecule has 3 saturated carbocycles. The zero-order valence-electron chi connectivity index (χ0n) is 12.5. The summed E-state index contributed by atoms with van der Waals surface area (Å²) in [6.07, 6.45) is 1.84. The quantitative estimate of drug-likeness (QED) is 0.886. The van der Waals surface area contributed by atoms with E-state index in [1.807, 2.05) is 10.9 Å². The molecule has 0 atom stereocenters. The van der Waals surface area contributed by atoms with Crippen LogP contribution >= 0.6 is 0 Å². The number of carbonyl (C=O) groups is 1. The van der Waals surface area contributed by atoms with E-state index in [4.69, 9.17) is 5.73 Å². The minimum absolute atomic E-state index is 0.00580. The second kappa shape index (κ2) is 4.47. The van der Waals surface area contributed by atoms with Gasteiger partial charge in [0.2, 0.25) is 5.91 Å². The summed E-state index contributed by atoms with van der Waals surface area (Å²) in [6.45, 7) is -0.822. The molecule has 5 rings (SSSR count). The third-order valence-electron chi connectivity index (χ3n) is 5.11. The summed E-state index contributed by atoms with van der Waals surface area (Å²) in [5.74, 6) is -0.326. The number of rotatable bonds is 3. The Morgan fingerprint density at radius 1 is 1.26 bits per heavy atom. The summed E-state index contributed by atoms with van der Waals surface area (Å²) in [6, 6.07) is 0. The Morgan fingerprint density at radius 3 is 2.52 bits per heavy atom. The maximum absolute atomic E-state index is 12.4. The van der Waals surface area contributed by atoms with Crippen molar-refractivity contribution in [2.24, 2.45) is 5.73 Å². The van der Waals surface area contributed by atoms with Gasteiger partial charge in [-0.25, -0.2) is 0 Å². The zero-order valence-corrected chi connectivity index (χ0v) is 12.5. The van der Waals surface area contributed by atoms with Crippen molar-refractivity contribution in [1.29, 1.82) is 0 Å². The molecular weight excluding hydrogens is 311 g/mol. The largest absolute Gasteiger partial charge is 0.401 e. The van der Waals surface area contributed by atoms with Crippen molar-refractivity contribution in [2.45, 2.75) is 36.5 Å². The van der Waals surface area contributed by atoms with E-state index in [0.717, 1.165) is 24.2 Å². The van der Waals surface area contributed by atoms with Crippen LogP contribution in [0.15, 0.2) is 12.4 Å². The first-order valence-electron chi connectivity index (χ1n) is 7.62. The molecule has 0 aromatic carbocycles. The van der Waals surface area contributed by atoms with Crippen LogP contribution in [-0.2, 0) is 10.3 Å². The molecule has 6 nitrogen and oxygen atoms in total. The van der Waals surface area contributed by atoms with E-state index in [-0.39, 0.29) is 36.6 Å². The lowest BCUT2D eigenvalue weighted by molar-refractivity contribution is -0.150. The average molecular weight is 329 g/mol. The number of amides is 1. The summed E-state index contributed by atoms with van der Waals surface area (Å²) in [5.41, 5.74) is 6.65. The number of aromatic nitrogens is 2. The first kappa shape index (κ1) is 14.9. The maximum Gasteiger partial charge on any atom is 0.401 e. The lowest BCUT2D eigenvalue weighted by Gasteiger charge is -2.68. The molecule has 1 saturated heterocycles. The van der Waals surface area contributed by atoms with Crippen LogP contribution < -0.4 is 10.6 Å². The highest BCUT2D eigenvalue weighted by Crippen LogP contribution is 2.63. The predicted molar refractivity (Wildman–Crippen MR) is 75.8 cm³/mol. The molecule has 2 N–H and O–H groups in total. The Hall–Kier alpha value is -1.61. The Labute approximate surface area is 131 Å². The molecule has 126 valence electrons. The van der Waals surface area contributed by atoms with Crippen LogP contribution in [-0.4, -0.2) is 58.5 Å². The number of nitrogens with two attached hydrogens (primary N) is 1. The number of anilines is 1. The number of hydrogen-bond acceptors (Lipinski definition) is 4. The highest BCUT2D eigenvalue weighted by Gasteiger charge is 2.67. The number of halogens is 3. The van der Waals surface area contributed by atoms with E-state index in [0.29, 0.717) is 5.69 Å². The lowest BCUT2D eigenvalue weighted by atomic mass is 9.45. The lowest BCUT2D eigenvalue weighted by Crippen LogP contribution is -2.76. The van der Waals surface area contributed by atoms with Gasteiger partial charge in [-0.2, -0.15) is 18.3 Å². The molecule has 1 aliphatic heterocycles. The van der Waals surface area contributed by atoms with Crippen molar-refractivity contribution in [1.82, 2.24) is 14.7 Å². The Kier molecular flexibility index (Phi) is 2.91. The van der Waals surface area contributed by atoms with Gasteiger partial charge in [0.1, 0.15) is 0 Å². The minimum atomic E-state index is -4.28. The van der Waals surface area contributed by atoms with Crippen LogP contribution in [0.2, 0.25) is 0 Å². The van der Waals surface area contributed by atoms with Crippen molar-refractivity contribution in [3.8, 4) is 0 Å². The normalized spacial score (nSPS) is 34.3. The van der Waals surface area contributed by atoms with E-state index >= 15 is 0 Å². The van der Waals surface area contributed by atoms with Gasteiger partial charge < -0.3 is 10.6 Å². The number of carbonyl (C=O) groups excluding carboxylic acids is 1. The van der Waals surface area contributed by atoms with Crippen LogP contribution in [0.1, 0.15) is 19.3 Å². The van der Waals surface area contributed by atoms with E-state index in [1.165, 1.54) is 4.90 Å². The molecule has 1 amide bonds. The molecule has 23 heavy (non-hydrogen) atoms. The van der Waals surface area contributed by atoms with Gasteiger partial charge in [-0.15, -0.1) is 0 Å². The Morgan fingerprint density at radius 2 is 1.96 bits per heavy atom. The molecule has 0 unspecified atom stereocenters. The number of alkyl halides is 3. The summed E-state index contributed by atoms with van der Waals surface area (Å²) < 4.78 is 39.1. The Balaban J connectivity index is 1.42. The summed E-state index contributed by atoms with van der Waals surface area (Å²) in [4.78, 5) is 14.8. The third kappa shape index (κ3) is 2.42. The molecule has 0 radical (unpaired) electrons. The van der Waals surface area contributed by atoms with E-state index in [9.17, 15) is 18.0 Å². The molecule has 1 aromatic rings. The predicted octanol–water partition coefficient (Wildman–Crippen LogP) is 0.684. The van der Waals surface area contributed by atoms with Crippen molar-refractivity contribution < 1.29 is 18.0 Å². The van der Waals surface area contributed by atoms with Crippen molar-refractivity contribution in [3.05, 3.63) is 12.4 Å². The van der Waals surface area contributed by atoms with Gasteiger partial charge in [-0.3, -0.25) is 14.4 Å². The molecule has 9 heteroatoms. The van der Waals surface area contributed by atoms with E-state index in [2.05, 4.69) is 5.10 Å². The van der Waals surface area contributed by atoms with Crippen LogP contribution in [0.25, 0.3) is 0 Å². The van der Waals surface area contributed by atoms with E-state index < -0.39 is 12.7 Å². The zero-order chi connectivity index (χ0) is 16.5. The highest BCUT2D eigenvalue weighted by atomic mass is 19.4. The average Bonchev–Trinajstić information content (AvgIpc) is 2.81. The van der Waals surface area contributed by atoms with Crippen LogP contribution in [0.3, 0.4) is 0 Å². The second-order valence-electron chi connectivity index (χ2n) is 7.13. The summed E-state index contributed by atoms with van der Waals surface area (Å²) in [7, 11) is 0. The molecule has 1 aromatic heterocycles. The fraction of sp³-hybridized carbons (Fsp3) is 0.714. The van der Waals surface area contributed by atoms with Gasteiger partial charge >= 0.3 is 6.18 Å². The van der Waals surface area contributed by atoms with Gasteiger partial charge in [-0.05, 0) is 19.3 Å². The van der Waals surface area contributed by atoms with Crippen LogP contribution in [0.5, 0.6) is 0 Å². The summed E-state index contributed by atoms with van der Waals surface area (Å²) >= 11 is 0. The van der Waals surface area contributed by atoms with Crippen LogP contribution in [0.4, 0.5) is 18.9 Å². The SMILES string of the molecule is NC12CC(n3cc(N4CCN(CC(F)(F)F)CC4=O)cn3)(C1)C2. The fourth-order valence-corrected chi connectivity index (χ4v) is 4.15. The van der Waals surface area contributed by atoms with Gasteiger partial charge in [-0.1, -0.05) is 0 Å². The maximum atomic E-state index is 12.4. The molecular formula is C14H18F3N5O. The topological polar surface area (TPSA) is 67.4 Å². The van der Waals surface area contributed by atoms with Crippen molar-refractivity contribution in [2.75, 3.05) is 31.1 Å². The van der Waals surface area contributed by atoms with Crippen molar-refractivity contribution in [3.63, 3.8) is 0 Å². The minimum Gasteiger partial charge on any atom is -0.325 e. The molecule has 2 heterocycles. The standard InChI is InChI=1S/C14H18F3N5O/c15-14(16,17)9-20-1-2-21(11(23)5-20)10-3-19-22(4-10)13-6-12(18,7-13)8-13/h3-4H,1-2,5-9,18H2.